The molecular formula is C21H25N3O4S. The summed E-state index contributed by atoms with van der Waals surface area (Å²) in [5, 5.41) is 1.46. The summed E-state index contributed by atoms with van der Waals surface area (Å²) >= 11 is 1.20. The van der Waals surface area contributed by atoms with E-state index in [2.05, 4.69) is 9.97 Å². The summed E-state index contributed by atoms with van der Waals surface area (Å²) in [6, 6.07) is 7.65. The predicted octanol–water partition coefficient (Wildman–Crippen LogP) is 4.05. The van der Waals surface area contributed by atoms with Gasteiger partial charge in [-0.15, -0.1) is 0 Å². The minimum absolute atomic E-state index is 0.0180. The number of hydrogen-bond donors (Lipinski definition) is 0. The number of hydrogen-bond acceptors (Lipinski definition) is 7. The van der Waals surface area contributed by atoms with Crippen LogP contribution in [0, 0.1) is 0 Å². The van der Waals surface area contributed by atoms with Crippen molar-refractivity contribution in [2.45, 2.75) is 57.8 Å². The number of para-hydroxylation sites is 1. The SMILES string of the molecule is CC(C)N(C(=O)[C@@H](C)OC(=O)CSc1ncnc2c1oc1ccccc12)C(C)C. The van der Waals surface area contributed by atoms with Gasteiger partial charge in [0.2, 0.25) is 0 Å². The highest BCUT2D eigenvalue weighted by molar-refractivity contribution is 8.00. The van der Waals surface area contributed by atoms with Crippen LogP contribution in [0.5, 0.6) is 0 Å². The second kappa shape index (κ2) is 8.82. The molecule has 7 nitrogen and oxygen atoms in total. The molecule has 0 unspecified atom stereocenters. The Bertz CT molecular complexity index is 1020. The first-order valence-corrected chi connectivity index (χ1v) is 10.5. The van der Waals surface area contributed by atoms with E-state index < -0.39 is 12.1 Å². The smallest absolute Gasteiger partial charge is 0.317 e. The highest BCUT2D eigenvalue weighted by atomic mass is 32.2. The number of thioether (sulfide) groups is 1. The zero-order chi connectivity index (χ0) is 21.1. The predicted molar refractivity (Wildman–Crippen MR) is 113 cm³/mol. The Labute approximate surface area is 173 Å². The zero-order valence-corrected chi connectivity index (χ0v) is 18.0. The molecule has 0 saturated carbocycles. The molecule has 0 N–H and O–H groups in total. The lowest BCUT2D eigenvalue weighted by Gasteiger charge is -2.32. The van der Waals surface area contributed by atoms with Crippen LogP contribution in [0.2, 0.25) is 0 Å². The molecule has 1 amide bonds. The molecule has 0 aliphatic rings. The monoisotopic (exact) mass is 415 g/mol. The van der Waals surface area contributed by atoms with E-state index in [9.17, 15) is 9.59 Å². The molecule has 2 aromatic heterocycles. The second-order valence-corrected chi connectivity index (χ2v) is 8.27. The van der Waals surface area contributed by atoms with Gasteiger partial charge in [-0.05, 0) is 46.8 Å². The van der Waals surface area contributed by atoms with Crippen LogP contribution in [-0.4, -0.2) is 50.7 Å². The number of fused-ring (bicyclic) bond motifs is 3. The molecule has 8 heteroatoms. The highest BCUT2D eigenvalue weighted by Gasteiger charge is 2.27. The van der Waals surface area contributed by atoms with E-state index >= 15 is 0 Å². The van der Waals surface area contributed by atoms with Gasteiger partial charge in [0.05, 0.1) is 5.75 Å². The van der Waals surface area contributed by atoms with Crippen LogP contribution in [0.25, 0.3) is 22.1 Å². The number of aromatic nitrogens is 2. The van der Waals surface area contributed by atoms with Crippen molar-refractivity contribution >= 4 is 45.7 Å². The molecular weight excluding hydrogens is 390 g/mol. The molecule has 0 aliphatic heterocycles. The zero-order valence-electron chi connectivity index (χ0n) is 17.2. The molecule has 1 atom stereocenters. The van der Waals surface area contributed by atoms with Gasteiger partial charge < -0.3 is 14.1 Å². The topological polar surface area (TPSA) is 85.5 Å². The van der Waals surface area contributed by atoms with Crippen molar-refractivity contribution in [1.29, 1.82) is 0 Å². The van der Waals surface area contributed by atoms with Crippen LogP contribution in [0.4, 0.5) is 0 Å². The van der Waals surface area contributed by atoms with Crippen molar-refractivity contribution in [2.75, 3.05) is 5.75 Å². The summed E-state index contributed by atoms with van der Waals surface area (Å²) < 4.78 is 11.2. The third-order valence-electron chi connectivity index (χ3n) is 4.48. The molecule has 3 rings (SSSR count). The van der Waals surface area contributed by atoms with Gasteiger partial charge in [0.25, 0.3) is 5.91 Å². The molecule has 0 bridgehead atoms. The maximum atomic E-state index is 12.6. The third kappa shape index (κ3) is 4.53. The highest BCUT2D eigenvalue weighted by Crippen LogP contribution is 2.32. The van der Waals surface area contributed by atoms with Crippen molar-refractivity contribution < 1.29 is 18.7 Å². The number of carbonyl (C=O) groups is 2. The minimum Gasteiger partial charge on any atom is -0.452 e. The van der Waals surface area contributed by atoms with Crippen molar-refractivity contribution in [3.63, 3.8) is 0 Å². The molecule has 0 fully saturated rings. The Hall–Kier alpha value is -2.61. The molecule has 0 radical (unpaired) electrons. The summed E-state index contributed by atoms with van der Waals surface area (Å²) in [5.41, 5.74) is 1.97. The lowest BCUT2D eigenvalue weighted by atomic mass is 10.2. The summed E-state index contributed by atoms with van der Waals surface area (Å²) in [6.45, 7) is 9.36. The molecule has 2 heterocycles. The van der Waals surface area contributed by atoms with E-state index in [1.54, 1.807) is 11.8 Å². The van der Waals surface area contributed by atoms with Gasteiger partial charge >= 0.3 is 5.97 Å². The number of esters is 1. The summed E-state index contributed by atoms with van der Waals surface area (Å²) in [7, 11) is 0. The normalized spacial score (nSPS) is 12.7. The minimum atomic E-state index is -0.843. The van der Waals surface area contributed by atoms with Crippen molar-refractivity contribution in [1.82, 2.24) is 14.9 Å². The van der Waals surface area contributed by atoms with Crippen molar-refractivity contribution in [2.24, 2.45) is 0 Å². The molecule has 1 aromatic carbocycles. The van der Waals surface area contributed by atoms with Crippen LogP contribution in [-0.2, 0) is 14.3 Å². The van der Waals surface area contributed by atoms with Crippen LogP contribution in [0.15, 0.2) is 40.0 Å². The van der Waals surface area contributed by atoms with E-state index in [4.69, 9.17) is 9.15 Å². The van der Waals surface area contributed by atoms with Gasteiger partial charge in [0.15, 0.2) is 11.7 Å². The Morgan fingerprint density at radius 3 is 2.48 bits per heavy atom. The Morgan fingerprint density at radius 2 is 1.79 bits per heavy atom. The van der Waals surface area contributed by atoms with Gasteiger partial charge in [-0.2, -0.15) is 0 Å². The molecule has 0 spiro atoms. The lowest BCUT2D eigenvalue weighted by molar-refractivity contribution is -0.159. The first-order valence-electron chi connectivity index (χ1n) is 9.56. The van der Waals surface area contributed by atoms with E-state index in [-0.39, 0.29) is 23.7 Å². The largest absolute Gasteiger partial charge is 0.452 e. The number of rotatable bonds is 7. The van der Waals surface area contributed by atoms with Gasteiger partial charge in [0, 0.05) is 17.5 Å². The maximum absolute atomic E-state index is 12.6. The number of amides is 1. The number of ether oxygens (including phenoxy) is 1. The van der Waals surface area contributed by atoms with Crippen molar-refractivity contribution in [3.05, 3.63) is 30.6 Å². The van der Waals surface area contributed by atoms with Gasteiger partial charge in [-0.3, -0.25) is 9.59 Å². The van der Waals surface area contributed by atoms with Crippen LogP contribution >= 0.6 is 11.8 Å². The van der Waals surface area contributed by atoms with E-state index in [0.29, 0.717) is 21.7 Å². The fraction of sp³-hybridized carbons (Fsp3) is 0.429. The molecule has 0 saturated heterocycles. The Balaban J connectivity index is 1.67. The summed E-state index contributed by atoms with van der Waals surface area (Å²) in [4.78, 5) is 35.2. The average molecular weight is 416 g/mol. The fourth-order valence-electron chi connectivity index (χ4n) is 3.33. The quantitative estimate of drug-likeness (QED) is 0.327. The van der Waals surface area contributed by atoms with Crippen LogP contribution in [0.1, 0.15) is 34.6 Å². The molecule has 29 heavy (non-hydrogen) atoms. The number of benzene rings is 1. The van der Waals surface area contributed by atoms with E-state index in [1.807, 2.05) is 52.0 Å². The van der Waals surface area contributed by atoms with E-state index in [0.717, 1.165) is 5.39 Å². The standard InChI is InChI=1S/C21H25N3O4S/c1-12(2)24(13(3)4)21(26)14(5)27-17(25)10-29-20-19-18(22-11-23-20)15-8-6-7-9-16(15)28-19/h6-9,11-14H,10H2,1-5H3/t14-/m1/s1. The molecule has 3 aromatic rings. The number of nitrogens with zero attached hydrogens (tertiary/aromatic N) is 3. The van der Waals surface area contributed by atoms with Gasteiger partial charge in [-0.1, -0.05) is 23.9 Å². The molecule has 154 valence electrons. The lowest BCUT2D eigenvalue weighted by Crippen LogP contribution is -2.47. The summed E-state index contributed by atoms with van der Waals surface area (Å²) in [6.07, 6.45) is 0.609. The third-order valence-corrected chi connectivity index (χ3v) is 5.42. The van der Waals surface area contributed by atoms with E-state index in [1.165, 1.54) is 18.1 Å². The maximum Gasteiger partial charge on any atom is 0.317 e. The number of furan rings is 1. The van der Waals surface area contributed by atoms with Gasteiger partial charge in [-0.25, -0.2) is 9.97 Å². The van der Waals surface area contributed by atoms with Crippen LogP contribution < -0.4 is 0 Å². The second-order valence-electron chi connectivity index (χ2n) is 7.31. The molecule has 0 aliphatic carbocycles. The van der Waals surface area contributed by atoms with Crippen molar-refractivity contribution in [3.8, 4) is 0 Å². The first-order chi connectivity index (χ1) is 13.8. The van der Waals surface area contributed by atoms with Crippen LogP contribution in [0.3, 0.4) is 0 Å². The Kier molecular flexibility index (Phi) is 6.42. The Morgan fingerprint density at radius 1 is 1.10 bits per heavy atom. The van der Waals surface area contributed by atoms with Gasteiger partial charge in [0.1, 0.15) is 22.5 Å². The number of carbonyl (C=O) groups excluding carboxylic acids is 2. The average Bonchev–Trinajstić information content (AvgIpc) is 3.05. The summed E-state index contributed by atoms with van der Waals surface area (Å²) in [5.74, 6) is -0.661. The first kappa shape index (κ1) is 21.1. The fourth-order valence-corrected chi connectivity index (χ4v) is 4.04.